The Balaban J connectivity index is 0.000000248. The summed E-state index contributed by atoms with van der Waals surface area (Å²) >= 11 is 0. The Bertz CT molecular complexity index is 924. The van der Waals surface area contributed by atoms with E-state index >= 15 is 0 Å². The van der Waals surface area contributed by atoms with Crippen LogP contribution in [0.4, 0.5) is 0 Å². The maximum Gasteiger partial charge on any atom is 0.116 e. The predicted octanol–water partition coefficient (Wildman–Crippen LogP) is 1.73. The molecule has 8 heteroatoms. The number of hydrogen-bond donors (Lipinski definition) is 3. The molecule has 1 unspecified atom stereocenters. The molecular formula is C22H28N3O4P. The van der Waals surface area contributed by atoms with Crippen LogP contribution in [0.25, 0.3) is 6.08 Å². The first-order valence-corrected chi connectivity index (χ1v) is 10.2. The Hall–Kier alpha value is -2.20. The number of allylic oxidation sites excluding steroid dienone is 1. The Morgan fingerprint density at radius 3 is 2.33 bits per heavy atom. The van der Waals surface area contributed by atoms with Crippen LogP contribution in [-0.4, -0.2) is 49.7 Å². The van der Waals surface area contributed by atoms with Gasteiger partial charge in [0.25, 0.3) is 0 Å². The van der Waals surface area contributed by atoms with Crippen molar-refractivity contribution < 1.29 is 20.1 Å². The number of hydrogen-bond acceptors (Lipinski definition) is 7. The lowest BCUT2D eigenvalue weighted by Crippen LogP contribution is -2.35. The maximum atomic E-state index is 10.2. The Morgan fingerprint density at radius 2 is 1.83 bits per heavy atom. The number of aryl methyl sites for hydroxylation is 2. The maximum absolute atomic E-state index is 10.2. The van der Waals surface area contributed by atoms with Crippen LogP contribution in [0.3, 0.4) is 0 Å². The molecule has 1 aromatic carbocycles. The van der Waals surface area contributed by atoms with E-state index in [-0.39, 0.29) is 0 Å². The first kappa shape index (κ1) is 24.1. The third-order valence-electron chi connectivity index (χ3n) is 5.01. The minimum absolute atomic E-state index is 0.433. The summed E-state index contributed by atoms with van der Waals surface area (Å²) in [5.74, 6) is 0. The highest BCUT2D eigenvalue weighted by molar-refractivity contribution is 7.27. The fraction of sp³-hybridized carbons (Fsp3) is 0.409. The van der Waals surface area contributed by atoms with Crippen molar-refractivity contribution >= 4 is 20.6 Å². The van der Waals surface area contributed by atoms with Gasteiger partial charge in [-0.2, -0.15) is 5.26 Å². The SMILES string of the molecule is C/C=C\c1c(C)ncnc1C.C[C@@H]1O[C@H]([C@H](O)c2ccc(P)c(C#N)c2)[C@@H](O)[C@H]1O. The van der Waals surface area contributed by atoms with Gasteiger partial charge >= 0.3 is 0 Å². The van der Waals surface area contributed by atoms with E-state index in [1.165, 1.54) is 0 Å². The van der Waals surface area contributed by atoms with Crippen molar-refractivity contribution in [3.05, 3.63) is 58.7 Å². The van der Waals surface area contributed by atoms with Gasteiger partial charge in [0.15, 0.2) is 0 Å². The second-order valence-corrected chi connectivity index (χ2v) is 7.77. The molecule has 7 nitrogen and oxygen atoms in total. The number of rotatable bonds is 3. The van der Waals surface area contributed by atoms with Gasteiger partial charge in [-0.25, -0.2) is 9.97 Å². The van der Waals surface area contributed by atoms with E-state index in [0.29, 0.717) is 11.1 Å². The lowest BCUT2D eigenvalue weighted by Gasteiger charge is -2.21. The molecule has 0 bridgehead atoms. The second kappa shape index (κ2) is 10.7. The Kier molecular flexibility index (Phi) is 8.60. The van der Waals surface area contributed by atoms with Crippen LogP contribution in [0.2, 0.25) is 0 Å². The molecule has 0 spiro atoms. The molecule has 3 N–H and O–H groups in total. The van der Waals surface area contributed by atoms with Gasteiger partial charge < -0.3 is 20.1 Å². The van der Waals surface area contributed by atoms with Gasteiger partial charge in [0.05, 0.1) is 17.7 Å². The van der Waals surface area contributed by atoms with Gasteiger partial charge in [0.1, 0.15) is 30.7 Å². The van der Waals surface area contributed by atoms with Crippen LogP contribution in [-0.2, 0) is 4.74 Å². The van der Waals surface area contributed by atoms with Crippen molar-refractivity contribution in [1.82, 2.24) is 9.97 Å². The highest BCUT2D eigenvalue weighted by Crippen LogP contribution is 2.31. The average Bonchev–Trinajstić information content (AvgIpc) is 2.98. The van der Waals surface area contributed by atoms with Crippen LogP contribution in [0.1, 0.15) is 48.0 Å². The summed E-state index contributed by atoms with van der Waals surface area (Å²) in [7, 11) is 2.44. The summed E-state index contributed by atoms with van der Waals surface area (Å²) in [5, 5.41) is 39.4. The standard InChI is InChI=1S/C13H16NO4P.C9H12N2/c1-6-10(15)12(17)13(18-6)11(16)7-2-3-9(19)8(4-7)5-14;1-4-5-9-7(2)10-6-11-8(9)3/h2-4,6,10-13,15-17H,19H2,1H3;4-6H,1-3H3/b;5-4-/t6-,10-,11+,12-,13+;/m0./s1. The smallest absolute Gasteiger partial charge is 0.116 e. The summed E-state index contributed by atoms with van der Waals surface area (Å²) in [4.78, 5) is 8.19. The van der Waals surface area contributed by atoms with E-state index in [2.05, 4.69) is 19.2 Å². The molecule has 0 saturated carbocycles. The van der Waals surface area contributed by atoms with Crippen molar-refractivity contribution in [2.24, 2.45) is 0 Å². The minimum atomic E-state index is -1.15. The molecule has 1 aromatic heterocycles. The lowest BCUT2D eigenvalue weighted by molar-refractivity contribution is -0.0635. The van der Waals surface area contributed by atoms with Crippen molar-refractivity contribution in [2.75, 3.05) is 0 Å². The summed E-state index contributed by atoms with van der Waals surface area (Å²) in [5.41, 5.74) is 4.12. The first-order valence-electron chi connectivity index (χ1n) is 9.61. The quantitative estimate of drug-likeness (QED) is 0.636. The highest BCUT2D eigenvalue weighted by atomic mass is 31.0. The normalized spacial score (nSPS) is 24.2. The fourth-order valence-corrected chi connectivity index (χ4v) is 3.44. The monoisotopic (exact) mass is 429 g/mol. The first-order chi connectivity index (χ1) is 14.2. The number of benzene rings is 1. The second-order valence-electron chi connectivity index (χ2n) is 7.15. The van der Waals surface area contributed by atoms with E-state index < -0.39 is 30.5 Å². The summed E-state index contributed by atoms with van der Waals surface area (Å²) in [6.45, 7) is 7.60. The van der Waals surface area contributed by atoms with Gasteiger partial charge in [-0.05, 0) is 44.6 Å². The van der Waals surface area contributed by atoms with E-state index in [0.717, 1.165) is 22.3 Å². The highest BCUT2D eigenvalue weighted by Gasteiger charge is 2.44. The molecule has 0 aliphatic carbocycles. The molecule has 0 amide bonds. The molecule has 1 saturated heterocycles. The number of aromatic nitrogens is 2. The van der Waals surface area contributed by atoms with Gasteiger partial charge in [-0.15, -0.1) is 9.24 Å². The molecule has 160 valence electrons. The number of nitriles is 1. The zero-order chi connectivity index (χ0) is 22.4. The average molecular weight is 429 g/mol. The lowest BCUT2D eigenvalue weighted by atomic mass is 9.97. The van der Waals surface area contributed by atoms with Crippen molar-refractivity contribution in [2.45, 2.75) is 58.2 Å². The number of ether oxygens (including phenoxy) is 1. The van der Waals surface area contributed by atoms with Gasteiger partial charge in [-0.1, -0.05) is 24.3 Å². The molecule has 2 aromatic rings. The molecule has 1 aliphatic rings. The van der Waals surface area contributed by atoms with Crippen LogP contribution >= 0.6 is 9.24 Å². The van der Waals surface area contributed by atoms with E-state index in [4.69, 9.17) is 10.00 Å². The van der Waals surface area contributed by atoms with Gasteiger partial charge in [-0.3, -0.25) is 0 Å². The summed E-state index contributed by atoms with van der Waals surface area (Å²) < 4.78 is 5.37. The Morgan fingerprint density at radius 1 is 1.20 bits per heavy atom. The van der Waals surface area contributed by atoms with Crippen molar-refractivity contribution in [3.8, 4) is 6.07 Å². The zero-order valence-corrected chi connectivity index (χ0v) is 18.7. The van der Waals surface area contributed by atoms with Crippen LogP contribution in [0.5, 0.6) is 0 Å². The molecule has 1 fully saturated rings. The summed E-state index contributed by atoms with van der Waals surface area (Å²) in [6.07, 6.45) is 0.939. The molecule has 2 heterocycles. The molecule has 1 aliphatic heterocycles. The Labute approximate surface area is 179 Å². The fourth-order valence-electron chi connectivity index (χ4n) is 3.20. The molecule has 3 rings (SSSR count). The number of aliphatic hydroxyl groups excluding tert-OH is 3. The predicted molar refractivity (Wildman–Crippen MR) is 118 cm³/mol. The number of nitrogens with zero attached hydrogens (tertiary/aromatic N) is 3. The topological polar surface area (TPSA) is 119 Å². The van der Waals surface area contributed by atoms with Crippen molar-refractivity contribution in [1.29, 1.82) is 5.26 Å². The van der Waals surface area contributed by atoms with Gasteiger partial charge in [0.2, 0.25) is 0 Å². The third kappa shape index (κ3) is 5.48. The number of aliphatic hydroxyl groups is 3. The largest absolute Gasteiger partial charge is 0.388 e. The van der Waals surface area contributed by atoms with E-state index in [1.54, 1.807) is 31.5 Å². The van der Waals surface area contributed by atoms with Crippen LogP contribution < -0.4 is 5.30 Å². The van der Waals surface area contributed by atoms with Gasteiger partial charge in [0, 0.05) is 17.0 Å². The van der Waals surface area contributed by atoms with E-state index in [9.17, 15) is 15.3 Å². The summed E-state index contributed by atoms with van der Waals surface area (Å²) in [6, 6.07) is 6.94. The zero-order valence-electron chi connectivity index (χ0n) is 17.5. The minimum Gasteiger partial charge on any atom is -0.388 e. The molecule has 30 heavy (non-hydrogen) atoms. The molecular weight excluding hydrogens is 401 g/mol. The van der Waals surface area contributed by atoms with Crippen LogP contribution in [0, 0.1) is 25.2 Å². The molecule has 0 radical (unpaired) electrons. The van der Waals surface area contributed by atoms with E-state index in [1.807, 2.05) is 39.0 Å². The van der Waals surface area contributed by atoms with Crippen LogP contribution in [0.15, 0.2) is 30.6 Å². The van der Waals surface area contributed by atoms with Crippen molar-refractivity contribution in [3.63, 3.8) is 0 Å². The molecule has 6 atom stereocenters. The third-order valence-corrected chi connectivity index (χ3v) is 5.51.